The number of carbonyl (C=O) groups excluding carboxylic acids is 1. The SMILES string of the molecule is Nc1ccccc1NC(=O)c1ccc(N2CCC(NC(=O)O)C2)nc1. The van der Waals surface area contributed by atoms with Crippen LogP contribution in [-0.4, -0.2) is 41.2 Å². The fourth-order valence-electron chi connectivity index (χ4n) is 2.77. The van der Waals surface area contributed by atoms with Crippen LogP contribution >= 0.6 is 0 Å². The number of para-hydroxylation sites is 2. The van der Waals surface area contributed by atoms with Crippen molar-refractivity contribution in [2.24, 2.45) is 0 Å². The Morgan fingerprint density at radius 1 is 1.24 bits per heavy atom. The van der Waals surface area contributed by atoms with Crippen molar-refractivity contribution in [2.45, 2.75) is 12.5 Å². The van der Waals surface area contributed by atoms with E-state index in [0.29, 0.717) is 35.8 Å². The maximum Gasteiger partial charge on any atom is 0.404 e. The largest absolute Gasteiger partial charge is 0.465 e. The predicted molar refractivity (Wildman–Crippen MR) is 94.8 cm³/mol. The molecule has 1 saturated heterocycles. The molecule has 2 heterocycles. The minimum Gasteiger partial charge on any atom is -0.465 e. The second-order valence-electron chi connectivity index (χ2n) is 5.83. The minimum atomic E-state index is -1.02. The number of hydrogen-bond acceptors (Lipinski definition) is 5. The Labute approximate surface area is 144 Å². The minimum absolute atomic E-state index is 0.108. The Bertz CT molecular complexity index is 778. The highest BCUT2D eigenvalue weighted by Crippen LogP contribution is 2.20. The number of benzene rings is 1. The molecule has 2 amide bonds. The van der Waals surface area contributed by atoms with Gasteiger partial charge in [-0.15, -0.1) is 0 Å². The normalized spacial score (nSPS) is 16.5. The van der Waals surface area contributed by atoms with Gasteiger partial charge >= 0.3 is 6.09 Å². The molecule has 1 unspecified atom stereocenters. The molecule has 0 radical (unpaired) electrons. The van der Waals surface area contributed by atoms with Crippen LogP contribution in [0.25, 0.3) is 0 Å². The number of hydrogen-bond donors (Lipinski definition) is 4. The van der Waals surface area contributed by atoms with Gasteiger partial charge in [0.25, 0.3) is 5.91 Å². The summed E-state index contributed by atoms with van der Waals surface area (Å²) in [4.78, 5) is 29.3. The monoisotopic (exact) mass is 341 g/mol. The van der Waals surface area contributed by atoms with Gasteiger partial charge in [0.1, 0.15) is 5.82 Å². The molecule has 0 spiro atoms. The van der Waals surface area contributed by atoms with E-state index in [-0.39, 0.29) is 11.9 Å². The zero-order valence-electron chi connectivity index (χ0n) is 13.5. The van der Waals surface area contributed by atoms with E-state index in [2.05, 4.69) is 15.6 Å². The van der Waals surface area contributed by atoms with Crippen molar-refractivity contribution in [2.75, 3.05) is 29.0 Å². The number of aromatic nitrogens is 1. The van der Waals surface area contributed by atoms with E-state index in [0.717, 1.165) is 6.42 Å². The van der Waals surface area contributed by atoms with Crippen LogP contribution in [0.5, 0.6) is 0 Å². The molecule has 3 rings (SSSR count). The Kier molecular flexibility index (Phi) is 4.69. The molecule has 1 fully saturated rings. The third-order valence-corrected chi connectivity index (χ3v) is 4.06. The van der Waals surface area contributed by atoms with Crippen molar-refractivity contribution in [1.29, 1.82) is 0 Å². The summed E-state index contributed by atoms with van der Waals surface area (Å²) in [6.45, 7) is 1.27. The van der Waals surface area contributed by atoms with Crippen LogP contribution in [0, 0.1) is 0 Å². The molecular weight excluding hydrogens is 322 g/mol. The molecule has 0 bridgehead atoms. The van der Waals surface area contributed by atoms with Gasteiger partial charge in [-0.2, -0.15) is 0 Å². The van der Waals surface area contributed by atoms with Gasteiger partial charge in [-0.25, -0.2) is 9.78 Å². The molecule has 1 aromatic heterocycles. The number of carboxylic acid groups (broad SMARTS) is 1. The standard InChI is InChI=1S/C17H19N5O3/c18-13-3-1-2-4-14(13)21-16(23)11-5-6-15(19-9-11)22-8-7-12(10-22)20-17(24)25/h1-6,9,12,20H,7-8,10,18H2,(H,21,23)(H,24,25). The molecule has 8 nitrogen and oxygen atoms in total. The number of carbonyl (C=O) groups is 2. The summed E-state index contributed by atoms with van der Waals surface area (Å²) in [6, 6.07) is 10.4. The zero-order chi connectivity index (χ0) is 17.8. The Hall–Kier alpha value is -3.29. The average molecular weight is 341 g/mol. The van der Waals surface area contributed by atoms with Crippen LogP contribution in [0.3, 0.4) is 0 Å². The number of nitrogens with zero attached hydrogens (tertiary/aromatic N) is 2. The van der Waals surface area contributed by atoms with Crippen molar-refractivity contribution in [3.63, 3.8) is 0 Å². The van der Waals surface area contributed by atoms with E-state index in [9.17, 15) is 9.59 Å². The smallest absolute Gasteiger partial charge is 0.404 e. The van der Waals surface area contributed by atoms with E-state index in [1.54, 1.807) is 36.4 Å². The fourth-order valence-corrected chi connectivity index (χ4v) is 2.77. The first kappa shape index (κ1) is 16.6. The lowest BCUT2D eigenvalue weighted by Crippen LogP contribution is -2.36. The topological polar surface area (TPSA) is 121 Å². The number of nitrogens with one attached hydrogen (secondary N) is 2. The molecule has 1 atom stereocenters. The third-order valence-electron chi connectivity index (χ3n) is 4.06. The molecule has 8 heteroatoms. The Balaban J connectivity index is 1.63. The van der Waals surface area contributed by atoms with Crippen LogP contribution in [0.15, 0.2) is 42.6 Å². The van der Waals surface area contributed by atoms with Gasteiger partial charge < -0.3 is 26.4 Å². The highest BCUT2D eigenvalue weighted by molar-refractivity contribution is 6.05. The molecule has 25 heavy (non-hydrogen) atoms. The van der Waals surface area contributed by atoms with Gasteiger partial charge in [0, 0.05) is 19.3 Å². The highest BCUT2D eigenvalue weighted by atomic mass is 16.4. The van der Waals surface area contributed by atoms with Crippen molar-refractivity contribution in [3.8, 4) is 0 Å². The quantitative estimate of drug-likeness (QED) is 0.629. The summed E-state index contributed by atoms with van der Waals surface area (Å²) in [5.41, 5.74) is 7.29. The first-order chi connectivity index (χ1) is 12.0. The number of nitrogens with two attached hydrogens (primary N) is 1. The number of pyridine rings is 1. The van der Waals surface area contributed by atoms with E-state index in [1.165, 1.54) is 6.20 Å². The summed E-state index contributed by atoms with van der Waals surface area (Å²) < 4.78 is 0. The van der Waals surface area contributed by atoms with Gasteiger partial charge in [0.05, 0.1) is 23.0 Å². The molecule has 5 N–H and O–H groups in total. The van der Waals surface area contributed by atoms with Gasteiger partial charge in [-0.3, -0.25) is 4.79 Å². The van der Waals surface area contributed by atoms with E-state index in [4.69, 9.17) is 10.8 Å². The van der Waals surface area contributed by atoms with Gasteiger partial charge in [0.15, 0.2) is 0 Å². The van der Waals surface area contributed by atoms with Gasteiger partial charge in [0.2, 0.25) is 0 Å². The van der Waals surface area contributed by atoms with Crippen molar-refractivity contribution < 1.29 is 14.7 Å². The number of amides is 2. The fraction of sp³-hybridized carbons (Fsp3) is 0.235. The lowest BCUT2D eigenvalue weighted by atomic mass is 10.2. The van der Waals surface area contributed by atoms with Crippen LogP contribution in [0.1, 0.15) is 16.8 Å². The van der Waals surface area contributed by atoms with Gasteiger partial charge in [-0.05, 0) is 30.7 Å². The number of anilines is 3. The van der Waals surface area contributed by atoms with Crippen molar-refractivity contribution >= 4 is 29.2 Å². The third kappa shape index (κ3) is 3.97. The van der Waals surface area contributed by atoms with Crippen LogP contribution in [0.4, 0.5) is 22.0 Å². The molecule has 130 valence electrons. The Morgan fingerprint density at radius 3 is 2.72 bits per heavy atom. The predicted octanol–water partition coefficient (Wildman–Crippen LogP) is 1.76. The number of nitrogen functional groups attached to an aromatic ring is 1. The summed E-state index contributed by atoms with van der Waals surface area (Å²) in [7, 11) is 0. The summed E-state index contributed by atoms with van der Waals surface area (Å²) in [5, 5.41) is 14.0. The first-order valence-electron chi connectivity index (χ1n) is 7.89. The van der Waals surface area contributed by atoms with E-state index >= 15 is 0 Å². The molecule has 0 saturated carbocycles. The zero-order valence-corrected chi connectivity index (χ0v) is 13.5. The molecular formula is C17H19N5O3. The molecule has 0 aliphatic carbocycles. The summed E-state index contributed by atoms with van der Waals surface area (Å²) in [6.07, 6.45) is 1.21. The summed E-state index contributed by atoms with van der Waals surface area (Å²) >= 11 is 0. The van der Waals surface area contributed by atoms with Crippen LogP contribution in [-0.2, 0) is 0 Å². The van der Waals surface area contributed by atoms with Crippen LogP contribution in [0.2, 0.25) is 0 Å². The first-order valence-corrected chi connectivity index (χ1v) is 7.89. The van der Waals surface area contributed by atoms with Crippen molar-refractivity contribution in [1.82, 2.24) is 10.3 Å². The second-order valence-corrected chi connectivity index (χ2v) is 5.83. The van der Waals surface area contributed by atoms with E-state index < -0.39 is 6.09 Å². The van der Waals surface area contributed by atoms with Crippen LogP contribution < -0.4 is 21.3 Å². The maximum absolute atomic E-state index is 12.3. The highest BCUT2D eigenvalue weighted by Gasteiger charge is 2.24. The second kappa shape index (κ2) is 7.08. The molecule has 1 aliphatic rings. The number of rotatable bonds is 4. The van der Waals surface area contributed by atoms with Gasteiger partial charge in [-0.1, -0.05) is 12.1 Å². The van der Waals surface area contributed by atoms with Crippen molar-refractivity contribution in [3.05, 3.63) is 48.2 Å². The van der Waals surface area contributed by atoms with E-state index in [1.807, 2.05) is 4.90 Å². The summed E-state index contributed by atoms with van der Waals surface area (Å²) in [5.74, 6) is 0.425. The Morgan fingerprint density at radius 2 is 2.04 bits per heavy atom. The average Bonchev–Trinajstić information content (AvgIpc) is 3.05. The lowest BCUT2D eigenvalue weighted by molar-refractivity contribution is 0.102. The molecule has 1 aliphatic heterocycles. The molecule has 1 aromatic carbocycles. The maximum atomic E-state index is 12.3. The molecule has 2 aromatic rings. The lowest BCUT2D eigenvalue weighted by Gasteiger charge is -2.17.